The molecule has 0 aliphatic carbocycles. The van der Waals surface area contributed by atoms with Crippen LogP contribution in [0.15, 0.2) is 79.0 Å². The number of esters is 1. The molecule has 0 saturated heterocycles. The maximum atomic E-state index is 12.7. The van der Waals surface area contributed by atoms with Crippen LogP contribution in [0.2, 0.25) is 0 Å². The van der Waals surface area contributed by atoms with Gasteiger partial charge in [0.25, 0.3) is 11.8 Å². The predicted octanol–water partition coefficient (Wildman–Crippen LogP) is 3.37. The number of rotatable bonds is 7. The Bertz CT molecular complexity index is 1020. The van der Waals surface area contributed by atoms with Crippen molar-refractivity contribution >= 4 is 23.5 Å². The summed E-state index contributed by atoms with van der Waals surface area (Å²) in [6.45, 7) is 1.39. The number of para-hydroxylation sites is 1. The third-order valence-corrected chi connectivity index (χ3v) is 4.30. The molecular weight excluding hydrogens is 382 g/mol. The molecular formula is C23H21N3O4. The van der Waals surface area contributed by atoms with E-state index in [9.17, 15) is 14.4 Å². The molecule has 152 valence electrons. The summed E-state index contributed by atoms with van der Waals surface area (Å²) >= 11 is 0. The van der Waals surface area contributed by atoms with Crippen LogP contribution < -0.4 is 10.6 Å². The van der Waals surface area contributed by atoms with E-state index in [-0.39, 0.29) is 17.6 Å². The molecule has 30 heavy (non-hydrogen) atoms. The van der Waals surface area contributed by atoms with Crippen LogP contribution in [0, 0.1) is 0 Å². The molecule has 1 atom stereocenters. The average molecular weight is 403 g/mol. The van der Waals surface area contributed by atoms with E-state index in [4.69, 9.17) is 4.74 Å². The summed E-state index contributed by atoms with van der Waals surface area (Å²) in [6.07, 6.45) is 1.46. The number of hydrogen-bond donors (Lipinski definition) is 2. The number of aromatic nitrogens is 1. The van der Waals surface area contributed by atoms with Crippen LogP contribution >= 0.6 is 0 Å². The molecule has 3 rings (SSSR count). The third-order valence-electron chi connectivity index (χ3n) is 4.30. The van der Waals surface area contributed by atoms with Gasteiger partial charge in [0, 0.05) is 6.20 Å². The molecule has 0 bridgehead atoms. The van der Waals surface area contributed by atoms with E-state index in [0.29, 0.717) is 11.3 Å². The molecule has 1 heterocycles. The standard InChI is InChI=1S/C23H21N3O4/c1-16(17-9-3-2-4-10-17)25-22(28)18-11-5-6-12-19(18)26-21(27)15-30-23(29)20-13-7-8-14-24-20/h2-14,16H,15H2,1H3,(H,25,28)(H,26,27). The lowest BCUT2D eigenvalue weighted by molar-refractivity contribution is -0.119. The zero-order valence-corrected chi connectivity index (χ0v) is 16.4. The number of nitrogens with one attached hydrogen (secondary N) is 2. The van der Waals surface area contributed by atoms with Crippen LogP contribution in [0.1, 0.15) is 39.4 Å². The third kappa shape index (κ3) is 5.51. The second-order valence-electron chi connectivity index (χ2n) is 6.49. The van der Waals surface area contributed by atoms with Crippen molar-refractivity contribution in [3.63, 3.8) is 0 Å². The highest BCUT2D eigenvalue weighted by molar-refractivity contribution is 6.04. The quantitative estimate of drug-likeness (QED) is 0.590. The Kier molecular flexibility index (Phi) is 6.89. The number of pyridine rings is 1. The van der Waals surface area contributed by atoms with Crippen molar-refractivity contribution < 1.29 is 19.1 Å². The molecule has 1 aromatic heterocycles. The lowest BCUT2D eigenvalue weighted by Crippen LogP contribution is -2.28. The fourth-order valence-electron chi connectivity index (χ4n) is 2.76. The van der Waals surface area contributed by atoms with Gasteiger partial charge in [0.1, 0.15) is 5.69 Å². The van der Waals surface area contributed by atoms with Gasteiger partial charge >= 0.3 is 5.97 Å². The summed E-state index contributed by atoms with van der Waals surface area (Å²) in [7, 11) is 0. The summed E-state index contributed by atoms with van der Waals surface area (Å²) < 4.78 is 4.97. The minimum absolute atomic E-state index is 0.111. The second-order valence-corrected chi connectivity index (χ2v) is 6.49. The van der Waals surface area contributed by atoms with E-state index in [1.807, 2.05) is 37.3 Å². The van der Waals surface area contributed by atoms with Crippen LogP contribution in [0.3, 0.4) is 0 Å². The predicted molar refractivity (Wildman–Crippen MR) is 112 cm³/mol. The lowest BCUT2D eigenvalue weighted by atomic mass is 10.1. The van der Waals surface area contributed by atoms with E-state index in [1.165, 1.54) is 12.3 Å². The van der Waals surface area contributed by atoms with Crippen molar-refractivity contribution in [2.24, 2.45) is 0 Å². The SMILES string of the molecule is CC(NC(=O)c1ccccc1NC(=O)COC(=O)c1ccccn1)c1ccccc1. The number of ether oxygens (including phenoxy) is 1. The van der Waals surface area contributed by atoms with Crippen LogP contribution in [0.4, 0.5) is 5.69 Å². The summed E-state index contributed by atoms with van der Waals surface area (Å²) in [6, 6.07) is 20.8. The fraction of sp³-hybridized carbons (Fsp3) is 0.130. The second kappa shape index (κ2) is 9.97. The summed E-state index contributed by atoms with van der Waals surface area (Å²) in [5, 5.41) is 5.53. The number of benzene rings is 2. The molecule has 2 N–H and O–H groups in total. The normalized spacial score (nSPS) is 11.2. The van der Waals surface area contributed by atoms with Gasteiger partial charge in [-0.1, -0.05) is 48.5 Å². The number of amides is 2. The number of carbonyl (C=O) groups excluding carboxylic acids is 3. The van der Waals surface area contributed by atoms with Crippen LogP contribution in [0.5, 0.6) is 0 Å². The van der Waals surface area contributed by atoms with Crippen molar-refractivity contribution in [2.45, 2.75) is 13.0 Å². The first-order valence-corrected chi connectivity index (χ1v) is 9.37. The molecule has 7 nitrogen and oxygen atoms in total. The molecule has 1 unspecified atom stereocenters. The molecule has 2 amide bonds. The summed E-state index contributed by atoms with van der Waals surface area (Å²) in [5.41, 5.74) is 1.72. The maximum absolute atomic E-state index is 12.7. The number of hydrogen-bond acceptors (Lipinski definition) is 5. The van der Waals surface area contributed by atoms with Gasteiger partial charge in [0.15, 0.2) is 6.61 Å². The lowest BCUT2D eigenvalue weighted by Gasteiger charge is -2.16. The Balaban J connectivity index is 1.61. The van der Waals surface area contributed by atoms with Gasteiger partial charge in [0.05, 0.1) is 17.3 Å². The Hall–Kier alpha value is -4.00. The molecule has 7 heteroatoms. The monoisotopic (exact) mass is 403 g/mol. The van der Waals surface area contributed by atoms with Gasteiger partial charge in [-0.05, 0) is 36.8 Å². The highest BCUT2D eigenvalue weighted by atomic mass is 16.5. The molecule has 0 saturated carbocycles. The Morgan fingerprint density at radius 2 is 1.63 bits per heavy atom. The van der Waals surface area contributed by atoms with Crippen molar-refractivity contribution in [1.82, 2.24) is 10.3 Å². The largest absolute Gasteiger partial charge is 0.451 e. The van der Waals surface area contributed by atoms with E-state index in [2.05, 4.69) is 15.6 Å². The molecule has 0 aliphatic heterocycles. The molecule has 0 spiro atoms. The van der Waals surface area contributed by atoms with Gasteiger partial charge in [-0.15, -0.1) is 0 Å². The highest BCUT2D eigenvalue weighted by Gasteiger charge is 2.17. The zero-order chi connectivity index (χ0) is 21.3. The first-order valence-electron chi connectivity index (χ1n) is 9.37. The van der Waals surface area contributed by atoms with Crippen molar-refractivity contribution in [1.29, 1.82) is 0 Å². The molecule has 3 aromatic rings. The number of carbonyl (C=O) groups is 3. The van der Waals surface area contributed by atoms with E-state index in [1.54, 1.807) is 36.4 Å². The Morgan fingerprint density at radius 3 is 2.37 bits per heavy atom. The Morgan fingerprint density at radius 1 is 0.933 bits per heavy atom. The van der Waals surface area contributed by atoms with Gasteiger partial charge in [-0.3, -0.25) is 9.59 Å². The maximum Gasteiger partial charge on any atom is 0.357 e. The van der Waals surface area contributed by atoms with E-state index >= 15 is 0 Å². The number of anilines is 1. The molecule has 2 aromatic carbocycles. The van der Waals surface area contributed by atoms with Crippen LogP contribution in [-0.4, -0.2) is 29.4 Å². The van der Waals surface area contributed by atoms with Crippen molar-refractivity contribution in [3.8, 4) is 0 Å². The van der Waals surface area contributed by atoms with Crippen LogP contribution in [0.25, 0.3) is 0 Å². The first kappa shape index (κ1) is 20.7. The average Bonchev–Trinajstić information content (AvgIpc) is 2.79. The van der Waals surface area contributed by atoms with Gasteiger partial charge in [-0.25, -0.2) is 9.78 Å². The molecule has 0 fully saturated rings. The zero-order valence-electron chi connectivity index (χ0n) is 16.4. The molecule has 0 aliphatic rings. The first-order chi connectivity index (χ1) is 14.5. The number of nitrogens with zero attached hydrogens (tertiary/aromatic N) is 1. The summed E-state index contributed by atoms with van der Waals surface area (Å²) in [4.78, 5) is 40.7. The van der Waals surface area contributed by atoms with Crippen LogP contribution in [-0.2, 0) is 9.53 Å². The van der Waals surface area contributed by atoms with Gasteiger partial charge < -0.3 is 15.4 Å². The minimum atomic E-state index is -0.700. The van der Waals surface area contributed by atoms with Crippen molar-refractivity contribution in [2.75, 3.05) is 11.9 Å². The smallest absolute Gasteiger partial charge is 0.357 e. The topological polar surface area (TPSA) is 97.4 Å². The highest BCUT2D eigenvalue weighted by Crippen LogP contribution is 2.18. The van der Waals surface area contributed by atoms with E-state index < -0.39 is 18.5 Å². The fourth-order valence-corrected chi connectivity index (χ4v) is 2.76. The summed E-state index contributed by atoms with van der Waals surface area (Å²) in [5.74, 6) is -1.59. The van der Waals surface area contributed by atoms with Gasteiger partial charge in [-0.2, -0.15) is 0 Å². The Labute approximate surface area is 174 Å². The van der Waals surface area contributed by atoms with Crippen molar-refractivity contribution in [3.05, 3.63) is 95.8 Å². The van der Waals surface area contributed by atoms with E-state index in [0.717, 1.165) is 5.56 Å². The molecule has 0 radical (unpaired) electrons. The minimum Gasteiger partial charge on any atom is -0.451 e. The van der Waals surface area contributed by atoms with Gasteiger partial charge in [0.2, 0.25) is 0 Å².